The van der Waals surface area contributed by atoms with E-state index in [0.717, 1.165) is 12.8 Å². The first-order valence-electron chi connectivity index (χ1n) is 5.10. The maximum absolute atomic E-state index is 13.1. The highest BCUT2D eigenvalue weighted by atomic mass is 32.1. The fourth-order valence-corrected chi connectivity index (χ4v) is 2.39. The van der Waals surface area contributed by atoms with Crippen molar-refractivity contribution >= 4 is 22.4 Å². The predicted octanol–water partition coefficient (Wildman–Crippen LogP) is 2.61. The molecule has 15 heavy (non-hydrogen) atoms. The Labute approximate surface area is 91.7 Å². The summed E-state index contributed by atoms with van der Waals surface area (Å²) in [7, 11) is 0. The zero-order chi connectivity index (χ0) is 10.7. The number of carbonyl (C=O) groups excluding carboxylic acids is 1. The molecule has 1 aliphatic carbocycles. The van der Waals surface area contributed by atoms with Crippen molar-refractivity contribution in [1.29, 1.82) is 0 Å². The van der Waals surface area contributed by atoms with E-state index >= 15 is 0 Å². The van der Waals surface area contributed by atoms with Gasteiger partial charge in [0.2, 0.25) is 5.91 Å². The van der Waals surface area contributed by atoms with E-state index in [1.165, 1.54) is 11.3 Å². The number of rotatable bonds is 2. The molecule has 2 rings (SSSR count). The zero-order valence-corrected chi connectivity index (χ0v) is 9.10. The summed E-state index contributed by atoms with van der Waals surface area (Å²) in [6.07, 6.45) is 3.37. The Hall–Kier alpha value is -0.970. The molecule has 5 heteroatoms. The van der Waals surface area contributed by atoms with Crippen LogP contribution in [0.2, 0.25) is 0 Å². The first-order valence-corrected chi connectivity index (χ1v) is 5.98. The number of nitrogens with zero attached hydrogens (tertiary/aromatic N) is 1. The van der Waals surface area contributed by atoms with Crippen molar-refractivity contribution in [3.8, 4) is 0 Å². The van der Waals surface area contributed by atoms with E-state index in [9.17, 15) is 9.18 Å². The Morgan fingerprint density at radius 1 is 1.60 bits per heavy atom. The SMILES string of the molecule is O=C(Nc1nccs1)C1CCCC(F)C1. The summed E-state index contributed by atoms with van der Waals surface area (Å²) in [5, 5.41) is 5.11. The molecule has 0 aliphatic heterocycles. The number of amides is 1. The van der Waals surface area contributed by atoms with Gasteiger partial charge in [0, 0.05) is 17.5 Å². The van der Waals surface area contributed by atoms with Gasteiger partial charge in [-0.1, -0.05) is 0 Å². The highest BCUT2D eigenvalue weighted by molar-refractivity contribution is 7.13. The molecule has 0 saturated heterocycles. The van der Waals surface area contributed by atoms with Crippen LogP contribution in [-0.2, 0) is 4.79 Å². The summed E-state index contributed by atoms with van der Waals surface area (Å²) < 4.78 is 13.1. The third-order valence-corrected chi connectivity index (χ3v) is 3.33. The number of halogens is 1. The Kier molecular flexibility index (Phi) is 3.30. The number of nitrogens with one attached hydrogen (secondary N) is 1. The van der Waals surface area contributed by atoms with Crippen LogP contribution >= 0.6 is 11.3 Å². The summed E-state index contributed by atoms with van der Waals surface area (Å²) in [4.78, 5) is 15.7. The molecule has 1 amide bonds. The van der Waals surface area contributed by atoms with E-state index in [1.807, 2.05) is 0 Å². The molecule has 1 saturated carbocycles. The van der Waals surface area contributed by atoms with Crippen LogP contribution in [0.1, 0.15) is 25.7 Å². The van der Waals surface area contributed by atoms with Gasteiger partial charge in [-0.05, 0) is 25.7 Å². The molecule has 1 aliphatic rings. The second-order valence-electron chi connectivity index (χ2n) is 3.79. The minimum Gasteiger partial charge on any atom is -0.302 e. The molecule has 0 radical (unpaired) electrons. The molecule has 1 heterocycles. The van der Waals surface area contributed by atoms with Gasteiger partial charge >= 0.3 is 0 Å². The summed E-state index contributed by atoms with van der Waals surface area (Å²) in [5.41, 5.74) is 0. The van der Waals surface area contributed by atoms with Gasteiger partial charge in [0.25, 0.3) is 0 Å². The van der Waals surface area contributed by atoms with Crippen LogP contribution < -0.4 is 5.32 Å². The van der Waals surface area contributed by atoms with Gasteiger partial charge in [0.1, 0.15) is 6.17 Å². The molecule has 0 aromatic carbocycles. The van der Waals surface area contributed by atoms with E-state index in [4.69, 9.17) is 0 Å². The number of thiazole rings is 1. The van der Waals surface area contributed by atoms with Gasteiger partial charge in [-0.15, -0.1) is 11.3 Å². The van der Waals surface area contributed by atoms with Crippen molar-refractivity contribution in [3.05, 3.63) is 11.6 Å². The Morgan fingerprint density at radius 3 is 3.13 bits per heavy atom. The molecular weight excluding hydrogens is 215 g/mol. The largest absolute Gasteiger partial charge is 0.302 e. The van der Waals surface area contributed by atoms with Gasteiger partial charge < -0.3 is 5.32 Å². The van der Waals surface area contributed by atoms with Gasteiger partial charge in [-0.25, -0.2) is 9.37 Å². The van der Waals surface area contributed by atoms with E-state index < -0.39 is 6.17 Å². The number of aromatic nitrogens is 1. The molecule has 1 N–H and O–H groups in total. The van der Waals surface area contributed by atoms with Crippen molar-refractivity contribution in [3.63, 3.8) is 0 Å². The Balaban J connectivity index is 1.90. The Bertz CT molecular complexity index is 328. The fraction of sp³-hybridized carbons (Fsp3) is 0.600. The summed E-state index contributed by atoms with van der Waals surface area (Å²) in [6.45, 7) is 0. The third-order valence-electron chi connectivity index (χ3n) is 2.64. The monoisotopic (exact) mass is 228 g/mol. The average molecular weight is 228 g/mol. The summed E-state index contributed by atoms with van der Waals surface area (Å²) in [5.74, 6) is -0.273. The maximum Gasteiger partial charge on any atom is 0.229 e. The number of hydrogen-bond donors (Lipinski definition) is 1. The van der Waals surface area contributed by atoms with Crippen molar-refractivity contribution in [2.75, 3.05) is 5.32 Å². The molecule has 1 aromatic heterocycles. The first-order chi connectivity index (χ1) is 7.25. The average Bonchev–Trinajstić information content (AvgIpc) is 2.70. The third kappa shape index (κ3) is 2.75. The van der Waals surface area contributed by atoms with E-state index in [0.29, 0.717) is 18.0 Å². The van der Waals surface area contributed by atoms with Crippen LogP contribution in [0.15, 0.2) is 11.6 Å². The van der Waals surface area contributed by atoms with E-state index in [2.05, 4.69) is 10.3 Å². The first kappa shape index (κ1) is 10.5. The maximum atomic E-state index is 13.1. The molecule has 0 spiro atoms. The van der Waals surface area contributed by atoms with E-state index in [1.54, 1.807) is 11.6 Å². The summed E-state index contributed by atoms with van der Waals surface area (Å²) >= 11 is 1.38. The van der Waals surface area contributed by atoms with Gasteiger partial charge in [-0.2, -0.15) is 0 Å². The van der Waals surface area contributed by atoms with Crippen molar-refractivity contribution in [2.24, 2.45) is 5.92 Å². The van der Waals surface area contributed by atoms with Crippen molar-refractivity contribution in [2.45, 2.75) is 31.9 Å². The molecule has 1 aromatic rings. The van der Waals surface area contributed by atoms with Crippen LogP contribution in [-0.4, -0.2) is 17.1 Å². The normalized spacial score (nSPS) is 26.2. The highest BCUT2D eigenvalue weighted by Gasteiger charge is 2.27. The van der Waals surface area contributed by atoms with Crippen LogP contribution in [0, 0.1) is 5.92 Å². The molecule has 2 unspecified atom stereocenters. The van der Waals surface area contributed by atoms with Crippen LogP contribution in [0.25, 0.3) is 0 Å². The predicted molar refractivity (Wildman–Crippen MR) is 57.6 cm³/mol. The molecule has 2 atom stereocenters. The standard InChI is InChI=1S/C10H13FN2OS/c11-8-3-1-2-7(6-8)9(14)13-10-12-4-5-15-10/h4-5,7-8H,1-3,6H2,(H,12,13,14). The molecule has 3 nitrogen and oxygen atoms in total. The molecule has 82 valence electrons. The minimum atomic E-state index is -0.814. The van der Waals surface area contributed by atoms with Crippen LogP contribution in [0.5, 0.6) is 0 Å². The smallest absolute Gasteiger partial charge is 0.229 e. The molecular formula is C10H13FN2OS. The highest BCUT2D eigenvalue weighted by Crippen LogP contribution is 2.27. The van der Waals surface area contributed by atoms with E-state index in [-0.39, 0.29) is 11.8 Å². The zero-order valence-electron chi connectivity index (χ0n) is 8.28. The molecule has 0 bridgehead atoms. The topological polar surface area (TPSA) is 42.0 Å². The second kappa shape index (κ2) is 4.70. The van der Waals surface area contributed by atoms with Gasteiger partial charge in [0.05, 0.1) is 0 Å². The lowest BCUT2D eigenvalue weighted by Gasteiger charge is -2.22. The quantitative estimate of drug-likeness (QED) is 0.845. The second-order valence-corrected chi connectivity index (χ2v) is 4.68. The van der Waals surface area contributed by atoms with Gasteiger partial charge in [0.15, 0.2) is 5.13 Å². The van der Waals surface area contributed by atoms with Crippen LogP contribution in [0.3, 0.4) is 0 Å². The minimum absolute atomic E-state index is 0.0905. The molecule has 1 fully saturated rings. The number of hydrogen-bond acceptors (Lipinski definition) is 3. The number of carbonyl (C=O) groups is 1. The number of alkyl halides is 1. The fourth-order valence-electron chi connectivity index (χ4n) is 1.86. The lowest BCUT2D eigenvalue weighted by atomic mass is 9.87. The lowest BCUT2D eigenvalue weighted by Crippen LogP contribution is -2.28. The number of anilines is 1. The summed E-state index contributed by atoms with van der Waals surface area (Å²) in [6, 6.07) is 0. The van der Waals surface area contributed by atoms with Gasteiger partial charge in [-0.3, -0.25) is 4.79 Å². The Morgan fingerprint density at radius 2 is 2.47 bits per heavy atom. The van der Waals surface area contributed by atoms with Crippen molar-refractivity contribution in [1.82, 2.24) is 4.98 Å². The van der Waals surface area contributed by atoms with Crippen molar-refractivity contribution < 1.29 is 9.18 Å². The lowest BCUT2D eigenvalue weighted by molar-refractivity contribution is -0.121. The van der Waals surface area contributed by atoms with Crippen LogP contribution in [0.4, 0.5) is 9.52 Å².